The molecule has 0 aromatic heterocycles. The summed E-state index contributed by atoms with van der Waals surface area (Å²) >= 11 is 8.01. The maximum absolute atomic E-state index is 13.5. The number of hydrogen-bond donors (Lipinski definition) is 1. The van der Waals surface area contributed by atoms with Crippen molar-refractivity contribution in [2.75, 3.05) is 31.7 Å². The third-order valence-electron chi connectivity index (χ3n) is 10.3. The predicted octanol–water partition coefficient (Wildman–Crippen LogP) is 7.85. The minimum atomic E-state index is -0.128. The summed E-state index contributed by atoms with van der Waals surface area (Å²) in [6.07, 6.45) is 11.3. The number of fused-ring (bicyclic) bond motifs is 4. The number of benzene rings is 2. The molecule has 2 bridgehead atoms. The molecule has 1 saturated carbocycles. The maximum Gasteiger partial charge on any atom is 0.261 e. The van der Waals surface area contributed by atoms with Crippen LogP contribution in [0.3, 0.4) is 0 Å². The van der Waals surface area contributed by atoms with E-state index >= 15 is 0 Å². The monoisotopic (exact) mass is 608 g/mol. The summed E-state index contributed by atoms with van der Waals surface area (Å²) in [5, 5.41) is 1.11. The van der Waals surface area contributed by atoms with Crippen molar-refractivity contribution >= 4 is 35.1 Å². The van der Waals surface area contributed by atoms with Gasteiger partial charge < -0.3 is 14.4 Å². The topological polar surface area (TPSA) is 50.8 Å². The van der Waals surface area contributed by atoms with Crippen molar-refractivity contribution in [2.24, 2.45) is 23.7 Å². The van der Waals surface area contributed by atoms with Crippen molar-refractivity contribution in [2.45, 2.75) is 76.1 Å². The minimum absolute atomic E-state index is 0.0409. The van der Waals surface area contributed by atoms with Gasteiger partial charge in [0.05, 0.1) is 18.4 Å². The van der Waals surface area contributed by atoms with E-state index in [0.29, 0.717) is 41.1 Å². The Morgan fingerprint density at radius 1 is 1.19 bits per heavy atom. The molecule has 6 rings (SSSR count). The normalized spacial score (nSPS) is 32.2. The number of anilines is 1. The van der Waals surface area contributed by atoms with Gasteiger partial charge in [0, 0.05) is 41.5 Å². The van der Waals surface area contributed by atoms with Gasteiger partial charge in [0.25, 0.3) is 5.91 Å². The van der Waals surface area contributed by atoms with Gasteiger partial charge >= 0.3 is 0 Å². The van der Waals surface area contributed by atoms with Crippen molar-refractivity contribution in [3.63, 3.8) is 0 Å². The van der Waals surface area contributed by atoms with Crippen LogP contribution >= 0.6 is 23.5 Å². The highest BCUT2D eigenvalue weighted by atomic mass is 35.5. The summed E-state index contributed by atoms with van der Waals surface area (Å²) in [6.45, 7) is 9.17. The number of amides is 1. The Morgan fingerprint density at radius 3 is 2.81 bits per heavy atom. The van der Waals surface area contributed by atoms with Crippen LogP contribution in [0.15, 0.2) is 48.6 Å². The van der Waals surface area contributed by atoms with E-state index in [1.165, 1.54) is 24.0 Å². The Balaban J connectivity index is 1.39. The van der Waals surface area contributed by atoms with Crippen molar-refractivity contribution < 1.29 is 14.3 Å². The second-order valence-corrected chi connectivity index (χ2v) is 14.8. The van der Waals surface area contributed by atoms with Crippen molar-refractivity contribution in [1.82, 2.24) is 4.72 Å². The molecule has 1 fully saturated rings. The molecule has 42 heavy (non-hydrogen) atoms. The van der Waals surface area contributed by atoms with Gasteiger partial charge in [-0.2, -0.15) is 0 Å². The first-order valence-electron chi connectivity index (χ1n) is 15.7. The predicted molar refractivity (Wildman–Crippen MR) is 174 cm³/mol. The zero-order valence-electron chi connectivity index (χ0n) is 25.4. The highest BCUT2D eigenvalue weighted by Crippen LogP contribution is 2.47. The Morgan fingerprint density at radius 2 is 2.05 bits per heavy atom. The highest BCUT2D eigenvalue weighted by molar-refractivity contribution is 7.98. The fraction of sp³-hybridized carbons (Fsp3) is 0.571. The summed E-state index contributed by atoms with van der Waals surface area (Å²) in [5.41, 5.74) is 4.29. The zero-order chi connectivity index (χ0) is 29.4. The Kier molecular flexibility index (Phi) is 8.87. The average molecular weight is 609 g/mol. The Bertz CT molecular complexity index is 1330. The van der Waals surface area contributed by atoms with E-state index in [1.54, 1.807) is 11.9 Å². The maximum atomic E-state index is 13.5. The molecule has 6 atom stereocenters. The molecule has 226 valence electrons. The fourth-order valence-corrected chi connectivity index (χ4v) is 9.01. The summed E-state index contributed by atoms with van der Waals surface area (Å²) in [4.78, 5) is 16.1. The second kappa shape index (κ2) is 12.5. The number of hydrogen-bond acceptors (Lipinski definition) is 5. The van der Waals surface area contributed by atoms with Crippen LogP contribution in [0.1, 0.15) is 74.4 Å². The number of carbonyl (C=O) groups excluding carboxylic acids is 1. The molecule has 1 amide bonds. The van der Waals surface area contributed by atoms with E-state index in [0.717, 1.165) is 55.2 Å². The van der Waals surface area contributed by atoms with Crippen LogP contribution < -0.4 is 14.4 Å². The van der Waals surface area contributed by atoms with Gasteiger partial charge in [-0.25, -0.2) is 0 Å². The number of halogens is 1. The molecule has 4 aliphatic rings. The number of aryl methyl sites for hydroxylation is 1. The average Bonchev–Trinajstić information content (AvgIpc) is 3.10. The standard InChI is InChI=1S/C35H45ClN2O3S/c1-22(2)33-23(3)7-5-9-31(40-4)28-13-10-26(28)19-38-20-35(16-6-8-24-17-27(36)12-14-29(24)35)21-41-32-15-11-25(18-30(32)38)34(39)37-42-33/h5,9,11-12,14-15,17-18,22-23,26,28,31,33H,6-8,10,13,16,19-21H2,1-4H3,(H,37,39)/b9-5-/t23-,26-,28+,31-,33+,35-/m0/s1. The van der Waals surface area contributed by atoms with E-state index in [9.17, 15) is 4.79 Å². The molecule has 1 N–H and O–H groups in total. The number of nitrogens with one attached hydrogen (secondary N) is 1. The molecule has 2 aliphatic heterocycles. The molecule has 2 heterocycles. The molecule has 0 unspecified atom stereocenters. The fourth-order valence-electron chi connectivity index (χ4n) is 7.84. The van der Waals surface area contributed by atoms with Crippen LogP contribution in [0.4, 0.5) is 5.69 Å². The van der Waals surface area contributed by atoms with E-state index in [-0.39, 0.29) is 17.4 Å². The Labute approximate surface area is 260 Å². The van der Waals surface area contributed by atoms with Gasteiger partial charge in [-0.3, -0.25) is 9.52 Å². The van der Waals surface area contributed by atoms with Crippen LogP contribution in [0, 0.1) is 23.7 Å². The lowest BCUT2D eigenvalue weighted by molar-refractivity contribution is 0.0131. The molecular formula is C35H45ClN2O3S. The molecular weight excluding hydrogens is 564 g/mol. The molecule has 0 radical (unpaired) electrons. The lowest BCUT2D eigenvalue weighted by Gasteiger charge is -2.46. The highest BCUT2D eigenvalue weighted by Gasteiger charge is 2.44. The summed E-state index contributed by atoms with van der Waals surface area (Å²) in [7, 11) is 1.86. The summed E-state index contributed by atoms with van der Waals surface area (Å²) in [6, 6.07) is 12.4. The van der Waals surface area contributed by atoms with E-state index in [2.05, 4.69) is 60.7 Å². The number of nitrogens with zero attached hydrogens (tertiary/aromatic N) is 1. The molecule has 0 saturated heterocycles. The van der Waals surface area contributed by atoms with Crippen molar-refractivity contribution in [3.05, 3.63) is 70.3 Å². The minimum Gasteiger partial charge on any atom is -0.490 e. The van der Waals surface area contributed by atoms with Gasteiger partial charge in [0.15, 0.2) is 0 Å². The van der Waals surface area contributed by atoms with Crippen LogP contribution in [0.2, 0.25) is 5.02 Å². The number of ether oxygens (including phenoxy) is 2. The third-order valence-corrected chi connectivity index (χ3v) is 12.1. The first-order chi connectivity index (χ1) is 20.3. The van der Waals surface area contributed by atoms with Gasteiger partial charge in [0.1, 0.15) is 5.75 Å². The third kappa shape index (κ3) is 5.84. The lowest BCUT2D eigenvalue weighted by Crippen LogP contribution is -2.49. The number of methoxy groups -OCH3 is 1. The van der Waals surface area contributed by atoms with Crippen molar-refractivity contribution in [1.29, 1.82) is 0 Å². The number of carbonyl (C=O) groups is 1. The SMILES string of the molecule is CO[C@H]1/C=C\C[C@H](C)[C@@H](C(C)C)SNC(=O)c2ccc3c(c2)N(C[C@@H]2CC[C@H]21)C[C@@]1(CCCc2cc(Cl)ccc21)CO3. The smallest absolute Gasteiger partial charge is 0.261 e. The lowest BCUT2D eigenvalue weighted by atomic mass is 9.68. The van der Waals surface area contributed by atoms with Gasteiger partial charge in [0.2, 0.25) is 0 Å². The summed E-state index contributed by atoms with van der Waals surface area (Å²) in [5.74, 6) is 2.68. The quantitative estimate of drug-likeness (QED) is 0.278. The van der Waals surface area contributed by atoms with Gasteiger partial charge in [-0.15, -0.1) is 0 Å². The molecule has 2 aromatic rings. The molecule has 7 heteroatoms. The largest absolute Gasteiger partial charge is 0.490 e. The van der Waals surface area contributed by atoms with Crippen molar-refractivity contribution in [3.8, 4) is 5.75 Å². The van der Waals surface area contributed by atoms with Crippen LogP contribution in [0.5, 0.6) is 5.75 Å². The second-order valence-electron chi connectivity index (χ2n) is 13.4. The van der Waals surface area contributed by atoms with Crippen LogP contribution in [0.25, 0.3) is 0 Å². The first kappa shape index (κ1) is 29.9. The molecule has 5 nitrogen and oxygen atoms in total. The molecule has 2 aromatic carbocycles. The Hall–Kier alpha value is -2.15. The summed E-state index contributed by atoms with van der Waals surface area (Å²) < 4.78 is 16.0. The van der Waals surface area contributed by atoms with E-state index in [1.807, 2.05) is 25.3 Å². The first-order valence-corrected chi connectivity index (χ1v) is 17.0. The van der Waals surface area contributed by atoms with E-state index < -0.39 is 0 Å². The van der Waals surface area contributed by atoms with Crippen LogP contribution in [-0.2, 0) is 16.6 Å². The zero-order valence-corrected chi connectivity index (χ0v) is 27.0. The van der Waals surface area contributed by atoms with Gasteiger partial charge in [-0.05, 0) is 116 Å². The van der Waals surface area contributed by atoms with E-state index in [4.69, 9.17) is 21.1 Å². The molecule has 2 aliphatic carbocycles. The number of allylic oxidation sites excluding steroid dienone is 1. The number of rotatable bonds is 2. The van der Waals surface area contributed by atoms with Gasteiger partial charge in [-0.1, -0.05) is 50.6 Å². The van der Waals surface area contributed by atoms with Crippen LogP contribution in [-0.4, -0.2) is 44.1 Å². The molecule has 1 spiro atoms.